The molecule has 128 valence electrons. The quantitative estimate of drug-likeness (QED) is 0.545. The number of nitriles is 1. The average molecular weight is 405 g/mol. The molecule has 0 unspecified atom stereocenters. The summed E-state index contributed by atoms with van der Waals surface area (Å²) in [6.45, 7) is -0.628. The minimum Gasteiger partial charge on any atom is -0.546 e. The van der Waals surface area contributed by atoms with Crippen molar-refractivity contribution in [2.24, 2.45) is 0 Å². The molecule has 25 heavy (non-hydrogen) atoms. The Bertz CT molecular complexity index is 874. The zero-order chi connectivity index (χ0) is 18.4. The molecule has 0 aliphatic carbocycles. The first-order chi connectivity index (χ1) is 11.9. The number of carbonyl (C=O) groups excluding carboxylic acids is 1. The Morgan fingerprint density at radius 1 is 1.40 bits per heavy atom. The Balaban J connectivity index is 2.43. The number of nitrogens with zero attached hydrogens (tertiary/aromatic N) is 1. The van der Waals surface area contributed by atoms with Crippen molar-refractivity contribution in [3.05, 3.63) is 57.8 Å². The van der Waals surface area contributed by atoms with E-state index in [1.807, 2.05) is 6.07 Å². The fourth-order valence-electron chi connectivity index (χ4n) is 2.10. The van der Waals surface area contributed by atoms with E-state index >= 15 is 0 Å². The molecule has 0 amide bonds. The third kappa shape index (κ3) is 4.81. The van der Waals surface area contributed by atoms with E-state index in [1.165, 1.54) is 25.3 Å². The fourth-order valence-corrected chi connectivity index (χ4v) is 2.67. The summed E-state index contributed by atoms with van der Waals surface area (Å²) in [6.07, 6.45) is 1.56. The van der Waals surface area contributed by atoms with Crippen molar-refractivity contribution in [3.63, 3.8) is 0 Å². The minimum absolute atomic E-state index is 0.202. The summed E-state index contributed by atoms with van der Waals surface area (Å²) in [5, 5.41) is 19.9. The van der Waals surface area contributed by atoms with Crippen molar-refractivity contribution < 1.29 is 23.8 Å². The Morgan fingerprint density at radius 3 is 2.76 bits per heavy atom. The van der Waals surface area contributed by atoms with E-state index in [9.17, 15) is 19.6 Å². The number of methoxy groups -OCH3 is 1. The molecule has 0 aliphatic heterocycles. The van der Waals surface area contributed by atoms with E-state index in [-0.39, 0.29) is 17.1 Å². The molecule has 0 fully saturated rings. The standard InChI is InChI=1S/C18H13BrFNO4/c1-24-16-7-11(6-15(19)18(16)25-10-17(22)23)5-13(9-21)12-3-2-4-14(20)8-12/h2-8H,10H2,1H3,(H,22,23)/p-1/b13-5-. The topological polar surface area (TPSA) is 82.4 Å². The van der Waals surface area contributed by atoms with Crippen molar-refractivity contribution in [2.45, 2.75) is 0 Å². The molecule has 0 saturated carbocycles. The van der Waals surface area contributed by atoms with Crippen LogP contribution in [-0.4, -0.2) is 19.7 Å². The second kappa shape index (κ2) is 8.31. The lowest BCUT2D eigenvalue weighted by Crippen LogP contribution is -2.29. The number of aliphatic carboxylic acids is 1. The normalized spacial score (nSPS) is 10.9. The molecule has 0 radical (unpaired) electrons. The van der Waals surface area contributed by atoms with E-state index in [1.54, 1.807) is 24.3 Å². The highest BCUT2D eigenvalue weighted by Crippen LogP contribution is 2.37. The van der Waals surface area contributed by atoms with Gasteiger partial charge in [0.25, 0.3) is 0 Å². The molecule has 2 rings (SSSR count). The van der Waals surface area contributed by atoms with Gasteiger partial charge < -0.3 is 19.4 Å². The second-order valence-corrected chi connectivity index (χ2v) is 5.73. The maximum Gasteiger partial charge on any atom is 0.175 e. The van der Waals surface area contributed by atoms with Crippen LogP contribution in [0, 0.1) is 17.1 Å². The Labute approximate surface area is 152 Å². The van der Waals surface area contributed by atoms with Crippen LogP contribution in [0.15, 0.2) is 40.9 Å². The minimum atomic E-state index is -1.37. The highest BCUT2D eigenvalue weighted by molar-refractivity contribution is 9.10. The van der Waals surface area contributed by atoms with Gasteiger partial charge in [-0.2, -0.15) is 5.26 Å². The Morgan fingerprint density at radius 2 is 2.16 bits per heavy atom. The highest BCUT2D eigenvalue weighted by atomic mass is 79.9. The first-order valence-electron chi connectivity index (χ1n) is 7.02. The van der Waals surface area contributed by atoms with Gasteiger partial charge in [-0.3, -0.25) is 0 Å². The number of halogens is 2. The molecule has 7 heteroatoms. The Kier molecular flexibility index (Phi) is 6.14. The summed E-state index contributed by atoms with van der Waals surface area (Å²) in [5.41, 5.74) is 1.29. The summed E-state index contributed by atoms with van der Waals surface area (Å²) in [5.74, 6) is -1.33. The van der Waals surface area contributed by atoms with Gasteiger partial charge in [-0.1, -0.05) is 12.1 Å². The molecule has 0 aliphatic rings. The van der Waals surface area contributed by atoms with Crippen LogP contribution in [0.25, 0.3) is 11.6 Å². The molecule has 0 heterocycles. The van der Waals surface area contributed by atoms with Crippen LogP contribution in [0.5, 0.6) is 11.5 Å². The number of carboxylic acids is 1. The number of rotatable bonds is 6. The first kappa shape index (κ1) is 18.5. The molecule has 0 bridgehead atoms. The molecule has 5 nitrogen and oxygen atoms in total. The van der Waals surface area contributed by atoms with E-state index in [0.717, 1.165) is 0 Å². The SMILES string of the molecule is COc1cc(/C=C(/C#N)c2cccc(F)c2)cc(Br)c1OCC(=O)[O-]. The molecule has 0 saturated heterocycles. The molecule has 2 aromatic rings. The Hall–Kier alpha value is -2.85. The number of hydrogen-bond acceptors (Lipinski definition) is 5. The van der Waals surface area contributed by atoms with Gasteiger partial charge in [-0.15, -0.1) is 0 Å². The van der Waals surface area contributed by atoms with E-state index in [0.29, 0.717) is 15.6 Å². The van der Waals surface area contributed by atoms with Crippen LogP contribution in [-0.2, 0) is 4.79 Å². The molecule has 0 atom stereocenters. The molecular formula is C18H12BrFNO4-. The maximum absolute atomic E-state index is 13.4. The van der Waals surface area contributed by atoms with Crippen LogP contribution in [0.3, 0.4) is 0 Å². The van der Waals surface area contributed by atoms with Crippen LogP contribution in [0.1, 0.15) is 11.1 Å². The van der Waals surface area contributed by atoms with Gasteiger partial charge in [0, 0.05) is 0 Å². The second-order valence-electron chi connectivity index (χ2n) is 4.87. The van der Waals surface area contributed by atoms with Gasteiger partial charge in [0.15, 0.2) is 11.5 Å². The van der Waals surface area contributed by atoms with E-state index in [2.05, 4.69) is 15.9 Å². The fraction of sp³-hybridized carbons (Fsp3) is 0.111. The predicted molar refractivity (Wildman–Crippen MR) is 91.1 cm³/mol. The smallest absolute Gasteiger partial charge is 0.175 e. The van der Waals surface area contributed by atoms with Gasteiger partial charge in [-0.05, 0) is 57.4 Å². The lowest BCUT2D eigenvalue weighted by molar-refractivity contribution is -0.307. The summed E-state index contributed by atoms with van der Waals surface area (Å²) >= 11 is 3.28. The highest BCUT2D eigenvalue weighted by Gasteiger charge is 2.12. The summed E-state index contributed by atoms with van der Waals surface area (Å²) in [4.78, 5) is 10.6. The number of carboxylic acid groups (broad SMARTS) is 1. The van der Waals surface area contributed by atoms with Crippen molar-refractivity contribution in [3.8, 4) is 17.6 Å². The maximum atomic E-state index is 13.4. The number of benzene rings is 2. The summed E-state index contributed by atoms with van der Waals surface area (Å²) < 4.78 is 24.1. The van der Waals surface area contributed by atoms with Gasteiger partial charge in [0.1, 0.15) is 12.4 Å². The largest absolute Gasteiger partial charge is 0.546 e. The van der Waals surface area contributed by atoms with Crippen LogP contribution >= 0.6 is 15.9 Å². The number of allylic oxidation sites excluding steroid dienone is 1. The molecular weight excluding hydrogens is 393 g/mol. The molecule has 0 spiro atoms. The number of carbonyl (C=O) groups is 1. The zero-order valence-electron chi connectivity index (χ0n) is 13.1. The molecule has 0 aromatic heterocycles. The van der Waals surface area contributed by atoms with Crippen molar-refractivity contribution in [2.75, 3.05) is 13.7 Å². The lowest BCUT2D eigenvalue weighted by atomic mass is 10.0. The average Bonchev–Trinajstić information content (AvgIpc) is 2.58. The van der Waals surface area contributed by atoms with E-state index < -0.39 is 18.4 Å². The third-order valence-corrected chi connectivity index (χ3v) is 3.74. The van der Waals surface area contributed by atoms with Gasteiger partial charge in [0.05, 0.1) is 29.2 Å². The lowest BCUT2D eigenvalue weighted by Gasteiger charge is -2.14. The van der Waals surface area contributed by atoms with Gasteiger partial charge >= 0.3 is 0 Å². The van der Waals surface area contributed by atoms with Crippen LogP contribution in [0.4, 0.5) is 4.39 Å². The summed E-state index contributed by atoms with van der Waals surface area (Å²) in [6, 6.07) is 10.9. The number of hydrogen-bond donors (Lipinski definition) is 0. The van der Waals surface area contributed by atoms with Gasteiger partial charge in [-0.25, -0.2) is 4.39 Å². The van der Waals surface area contributed by atoms with E-state index in [4.69, 9.17) is 9.47 Å². The van der Waals surface area contributed by atoms with Crippen molar-refractivity contribution >= 4 is 33.5 Å². The van der Waals surface area contributed by atoms with Crippen molar-refractivity contribution in [1.82, 2.24) is 0 Å². The van der Waals surface area contributed by atoms with Crippen molar-refractivity contribution in [1.29, 1.82) is 5.26 Å². The van der Waals surface area contributed by atoms with Crippen LogP contribution < -0.4 is 14.6 Å². The number of ether oxygens (including phenoxy) is 2. The molecule has 2 aromatic carbocycles. The van der Waals surface area contributed by atoms with Gasteiger partial charge in [0.2, 0.25) is 0 Å². The van der Waals surface area contributed by atoms with Crippen LogP contribution in [0.2, 0.25) is 0 Å². The summed E-state index contributed by atoms with van der Waals surface area (Å²) in [7, 11) is 1.40. The third-order valence-electron chi connectivity index (χ3n) is 3.15. The first-order valence-corrected chi connectivity index (χ1v) is 7.81. The zero-order valence-corrected chi connectivity index (χ0v) is 14.7. The monoisotopic (exact) mass is 404 g/mol. The predicted octanol–water partition coefficient (Wildman–Crippen LogP) is 2.79. The molecule has 0 N–H and O–H groups in total.